The summed E-state index contributed by atoms with van der Waals surface area (Å²) in [5.74, 6) is 0. The minimum Gasteiger partial charge on any atom is -0.330 e. The van der Waals surface area contributed by atoms with Gasteiger partial charge in [-0.2, -0.15) is 0 Å². The third-order valence-electron chi connectivity index (χ3n) is 3.65. The van der Waals surface area contributed by atoms with Gasteiger partial charge < -0.3 is 9.88 Å². The van der Waals surface area contributed by atoms with Crippen LogP contribution in [0, 0.1) is 0 Å². The van der Waals surface area contributed by atoms with Crippen LogP contribution in [0.3, 0.4) is 0 Å². The van der Waals surface area contributed by atoms with Crippen LogP contribution >= 0.6 is 0 Å². The van der Waals surface area contributed by atoms with Crippen molar-refractivity contribution in [3.05, 3.63) is 47.8 Å². The van der Waals surface area contributed by atoms with Crippen molar-refractivity contribution < 1.29 is 0 Å². The second kappa shape index (κ2) is 5.53. The molecule has 4 heteroatoms. The summed E-state index contributed by atoms with van der Waals surface area (Å²) < 4.78 is 2.30. The van der Waals surface area contributed by atoms with E-state index in [1.54, 1.807) is 0 Å². The molecular weight excluding hydrogens is 236 g/mol. The molecule has 100 valence electrons. The number of pyridine rings is 1. The zero-order chi connectivity index (χ0) is 13.1. The molecule has 1 N–H and O–H groups in total. The average molecular weight is 256 g/mol. The highest BCUT2D eigenvalue weighted by molar-refractivity contribution is 5.19. The number of hydrogen-bond acceptors (Lipinski definition) is 3. The lowest BCUT2D eigenvalue weighted by atomic mass is 10.1. The number of aromatic nitrogens is 3. The molecule has 1 saturated carbocycles. The van der Waals surface area contributed by atoms with E-state index in [-0.39, 0.29) is 0 Å². The fourth-order valence-electron chi connectivity index (χ4n) is 2.41. The molecule has 0 radical (unpaired) electrons. The smallest absolute Gasteiger partial charge is 0.0951 e. The van der Waals surface area contributed by atoms with Crippen molar-refractivity contribution in [1.82, 2.24) is 19.9 Å². The minimum atomic E-state index is 0.695. The van der Waals surface area contributed by atoms with Crippen LogP contribution in [0.2, 0.25) is 0 Å². The van der Waals surface area contributed by atoms with E-state index in [4.69, 9.17) is 0 Å². The molecule has 1 aliphatic rings. The summed E-state index contributed by atoms with van der Waals surface area (Å²) in [6, 6.07) is 4.85. The maximum atomic E-state index is 4.45. The van der Waals surface area contributed by atoms with Gasteiger partial charge in [0.2, 0.25) is 0 Å². The Morgan fingerprint density at radius 1 is 1.37 bits per heavy atom. The summed E-state index contributed by atoms with van der Waals surface area (Å²) in [6.45, 7) is 3.85. The van der Waals surface area contributed by atoms with Crippen molar-refractivity contribution in [3.63, 3.8) is 0 Å². The first-order valence-corrected chi connectivity index (χ1v) is 7.02. The van der Waals surface area contributed by atoms with Gasteiger partial charge in [-0.25, -0.2) is 4.98 Å². The van der Waals surface area contributed by atoms with E-state index < -0.39 is 0 Å². The molecule has 0 bridgehead atoms. The zero-order valence-electron chi connectivity index (χ0n) is 11.3. The van der Waals surface area contributed by atoms with Gasteiger partial charge >= 0.3 is 0 Å². The highest BCUT2D eigenvalue weighted by Gasteiger charge is 2.24. The molecule has 2 aromatic heterocycles. The molecule has 0 aromatic carbocycles. The summed E-state index contributed by atoms with van der Waals surface area (Å²) in [5, 5.41) is 3.48. The number of aryl methyl sites for hydroxylation is 1. The molecule has 1 aliphatic carbocycles. The van der Waals surface area contributed by atoms with Crippen LogP contribution in [0.4, 0.5) is 0 Å². The SMILES string of the molecule is CCc1cccnc1CNCc1cncn1C1CC1. The van der Waals surface area contributed by atoms with Crippen LogP contribution in [0.5, 0.6) is 0 Å². The first-order chi connectivity index (χ1) is 9.38. The molecule has 19 heavy (non-hydrogen) atoms. The van der Waals surface area contributed by atoms with E-state index in [1.807, 2.05) is 24.8 Å². The quantitative estimate of drug-likeness (QED) is 0.863. The Hall–Kier alpha value is -1.68. The van der Waals surface area contributed by atoms with Crippen molar-refractivity contribution in [2.45, 2.75) is 45.3 Å². The monoisotopic (exact) mass is 256 g/mol. The maximum Gasteiger partial charge on any atom is 0.0951 e. The Balaban J connectivity index is 1.59. The minimum absolute atomic E-state index is 0.695. The van der Waals surface area contributed by atoms with E-state index in [0.717, 1.165) is 25.2 Å². The fourth-order valence-corrected chi connectivity index (χ4v) is 2.41. The number of nitrogens with zero attached hydrogens (tertiary/aromatic N) is 3. The van der Waals surface area contributed by atoms with Gasteiger partial charge in [-0.05, 0) is 30.9 Å². The van der Waals surface area contributed by atoms with Gasteiger partial charge in [-0.3, -0.25) is 4.98 Å². The Morgan fingerprint density at radius 2 is 2.26 bits per heavy atom. The highest BCUT2D eigenvalue weighted by Crippen LogP contribution is 2.35. The van der Waals surface area contributed by atoms with Crippen LogP contribution < -0.4 is 5.32 Å². The number of hydrogen-bond donors (Lipinski definition) is 1. The summed E-state index contributed by atoms with van der Waals surface area (Å²) in [6.07, 6.45) is 9.40. The number of nitrogens with one attached hydrogen (secondary N) is 1. The summed E-state index contributed by atoms with van der Waals surface area (Å²) in [5.41, 5.74) is 3.75. The second-order valence-corrected chi connectivity index (χ2v) is 5.09. The van der Waals surface area contributed by atoms with E-state index in [9.17, 15) is 0 Å². The van der Waals surface area contributed by atoms with Crippen molar-refractivity contribution >= 4 is 0 Å². The van der Waals surface area contributed by atoms with Gasteiger partial charge in [0.25, 0.3) is 0 Å². The summed E-state index contributed by atoms with van der Waals surface area (Å²) in [7, 11) is 0. The van der Waals surface area contributed by atoms with E-state index in [0.29, 0.717) is 6.04 Å². The molecule has 2 aromatic rings. The molecule has 3 rings (SSSR count). The van der Waals surface area contributed by atoms with Gasteiger partial charge in [0.15, 0.2) is 0 Å². The Morgan fingerprint density at radius 3 is 3.05 bits per heavy atom. The van der Waals surface area contributed by atoms with Crippen LogP contribution in [-0.2, 0) is 19.5 Å². The molecule has 0 amide bonds. The fraction of sp³-hybridized carbons (Fsp3) is 0.467. The molecule has 0 saturated heterocycles. The predicted octanol–water partition coefficient (Wildman–Crippen LogP) is 2.47. The van der Waals surface area contributed by atoms with E-state index in [2.05, 4.69) is 32.8 Å². The molecule has 0 atom stereocenters. The molecule has 1 fully saturated rings. The topological polar surface area (TPSA) is 42.7 Å². The molecule has 0 spiro atoms. The molecule has 0 aliphatic heterocycles. The van der Waals surface area contributed by atoms with E-state index in [1.165, 1.54) is 24.1 Å². The first-order valence-electron chi connectivity index (χ1n) is 7.02. The normalized spacial score (nSPS) is 14.8. The summed E-state index contributed by atoms with van der Waals surface area (Å²) >= 11 is 0. The first kappa shape index (κ1) is 12.4. The van der Waals surface area contributed by atoms with Crippen molar-refractivity contribution in [3.8, 4) is 0 Å². The van der Waals surface area contributed by atoms with Crippen LogP contribution in [-0.4, -0.2) is 14.5 Å². The molecule has 0 unspecified atom stereocenters. The average Bonchev–Trinajstić information content (AvgIpc) is 3.19. The van der Waals surface area contributed by atoms with Crippen LogP contribution in [0.1, 0.15) is 42.8 Å². The molecule has 4 nitrogen and oxygen atoms in total. The third-order valence-corrected chi connectivity index (χ3v) is 3.65. The van der Waals surface area contributed by atoms with Crippen molar-refractivity contribution in [2.24, 2.45) is 0 Å². The second-order valence-electron chi connectivity index (χ2n) is 5.09. The molecule has 2 heterocycles. The van der Waals surface area contributed by atoms with Gasteiger partial charge in [0.05, 0.1) is 17.7 Å². The van der Waals surface area contributed by atoms with Gasteiger partial charge in [0, 0.05) is 31.5 Å². The largest absolute Gasteiger partial charge is 0.330 e. The lowest BCUT2D eigenvalue weighted by Crippen LogP contribution is -2.17. The number of rotatable bonds is 6. The highest BCUT2D eigenvalue weighted by atomic mass is 15.1. The van der Waals surface area contributed by atoms with Crippen molar-refractivity contribution in [1.29, 1.82) is 0 Å². The Labute approximate surface area is 113 Å². The van der Waals surface area contributed by atoms with Crippen LogP contribution in [0.25, 0.3) is 0 Å². The Kier molecular flexibility index (Phi) is 3.60. The summed E-state index contributed by atoms with van der Waals surface area (Å²) in [4.78, 5) is 8.70. The lowest BCUT2D eigenvalue weighted by Gasteiger charge is -2.09. The van der Waals surface area contributed by atoms with Gasteiger partial charge in [-0.1, -0.05) is 13.0 Å². The predicted molar refractivity (Wildman–Crippen MR) is 74.7 cm³/mol. The van der Waals surface area contributed by atoms with Crippen molar-refractivity contribution in [2.75, 3.05) is 0 Å². The molecular formula is C15H20N4. The standard InChI is InChI=1S/C15H20N4/c1-2-12-4-3-7-18-15(12)10-16-8-14-9-17-11-19(14)13-5-6-13/h3-4,7,9,11,13,16H,2,5-6,8,10H2,1H3. The maximum absolute atomic E-state index is 4.45. The van der Waals surface area contributed by atoms with Gasteiger partial charge in [0.1, 0.15) is 0 Å². The number of imidazole rings is 1. The van der Waals surface area contributed by atoms with E-state index >= 15 is 0 Å². The lowest BCUT2D eigenvalue weighted by molar-refractivity contribution is 0.612. The Bertz CT molecular complexity index is 543. The van der Waals surface area contributed by atoms with Gasteiger partial charge in [-0.15, -0.1) is 0 Å². The third kappa shape index (κ3) is 2.84. The zero-order valence-corrected chi connectivity index (χ0v) is 11.3. The van der Waals surface area contributed by atoms with Crippen LogP contribution in [0.15, 0.2) is 30.9 Å².